The van der Waals surface area contributed by atoms with Crippen LogP contribution < -0.4 is 10.6 Å². The molecule has 2 N–H and O–H groups in total. The molecule has 0 amide bonds. The van der Waals surface area contributed by atoms with Crippen molar-refractivity contribution in [1.82, 2.24) is 0 Å². The van der Waals surface area contributed by atoms with E-state index in [2.05, 4.69) is 26.6 Å². The van der Waals surface area contributed by atoms with E-state index >= 15 is 0 Å². The zero-order valence-corrected chi connectivity index (χ0v) is 14.4. The van der Waals surface area contributed by atoms with Gasteiger partial charge in [0, 0.05) is 10.2 Å². The Bertz CT molecular complexity index is 662. The molecule has 2 nitrogen and oxygen atoms in total. The zero-order chi connectivity index (χ0) is 14.7. The Morgan fingerprint density at radius 3 is 2.60 bits per heavy atom. The zero-order valence-electron chi connectivity index (χ0n) is 10.5. The van der Waals surface area contributed by atoms with Crippen LogP contribution in [0.4, 0.5) is 11.4 Å². The molecule has 0 spiro atoms. The lowest BCUT2D eigenvalue weighted by molar-refractivity contribution is 1.43. The van der Waals surface area contributed by atoms with Crippen LogP contribution in [0.5, 0.6) is 0 Å². The van der Waals surface area contributed by atoms with Gasteiger partial charge in [0.15, 0.2) is 5.11 Å². The molecule has 2 aromatic rings. The van der Waals surface area contributed by atoms with Crippen molar-refractivity contribution in [2.75, 3.05) is 10.6 Å². The average Bonchev–Trinajstić information content (AvgIpc) is 2.39. The van der Waals surface area contributed by atoms with Crippen molar-refractivity contribution in [3.63, 3.8) is 0 Å². The van der Waals surface area contributed by atoms with Crippen LogP contribution in [-0.2, 0) is 0 Å². The summed E-state index contributed by atoms with van der Waals surface area (Å²) in [4.78, 5) is 0. The molecule has 0 saturated heterocycles. The second kappa shape index (κ2) is 6.76. The van der Waals surface area contributed by atoms with E-state index in [1.54, 1.807) is 6.07 Å². The lowest BCUT2D eigenvalue weighted by atomic mass is 10.2. The molecule has 104 valence electrons. The third kappa shape index (κ3) is 3.85. The molecule has 20 heavy (non-hydrogen) atoms. The maximum absolute atomic E-state index is 6.10. The second-order valence-electron chi connectivity index (χ2n) is 4.14. The lowest BCUT2D eigenvalue weighted by Gasteiger charge is -2.13. The van der Waals surface area contributed by atoms with Crippen LogP contribution in [0, 0.1) is 6.92 Å². The van der Waals surface area contributed by atoms with Crippen LogP contribution >= 0.6 is 51.3 Å². The van der Waals surface area contributed by atoms with Crippen LogP contribution in [0.2, 0.25) is 10.0 Å². The Labute approximate surface area is 141 Å². The average molecular weight is 390 g/mol. The number of anilines is 2. The van der Waals surface area contributed by atoms with E-state index in [1.165, 1.54) is 0 Å². The molecular formula is C14H11BrCl2N2S. The molecule has 0 fully saturated rings. The molecule has 0 radical (unpaired) electrons. The molecule has 6 heteroatoms. The van der Waals surface area contributed by atoms with Gasteiger partial charge in [-0.25, -0.2) is 0 Å². The van der Waals surface area contributed by atoms with Gasteiger partial charge in [0.2, 0.25) is 0 Å². The van der Waals surface area contributed by atoms with Gasteiger partial charge in [-0.15, -0.1) is 0 Å². The van der Waals surface area contributed by atoms with Crippen molar-refractivity contribution >= 4 is 67.8 Å². The van der Waals surface area contributed by atoms with E-state index in [4.69, 9.17) is 35.4 Å². The minimum Gasteiger partial charge on any atom is -0.332 e. The van der Waals surface area contributed by atoms with Crippen molar-refractivity contribution in [3.8, 4) is 0 Å². The Morgan fingerprint density at radius 2 is 1.90 bits per heavy atom. The van der Waals surface area contributed by atoms with Gasteiger partial charge in [-0.3, -0.25) is 0 Å². The number of thiocarbonyl (C=S) groups is 1. The number of aryl methyl sites for hydroxylation is 1. The van der Waals surface area contributed by atoms with Crippen molar-refractivity contribution in [2.45, 2.75) is 6.92 Å². The number of halogens is 3. The first-order valence-electron chi connectivity index (χ1n) is 5.75. The summed E-state index contributed by atoms with van der Waals surface area (Å²) in [6.07, 6.45) is 0. The molecule has 0 aliphatic heterocycles. The highest BCUT2D eigenvalue weighted by Gasteiger charge is 2.06. The fourth-order valence-corrected chi connectivity index (χ4v) is 2.43. The van der Waals surface area contributed by atoms with Crippen LogP contribution in [0.1, 0.15) is 5.56 Å². The molecule has 0 aliphatic rings. The quantitative estimate of drug-likeness (QED) is 0.627. The molecule has 0 aliphatic carbocycles. The summed E-state index contributed by atoms with van der Waals surface area (Å²) in [6.45, 7) is 2.01. The van der Waals surface area contributed by atoms with Crippen molar-refractivity contribution in [2.24, 2.45) is 0 Å². The van der Waals surface area contributed by atoms with Gasteiger partial charge in [0.1, 0.15) is 0 Å². The highest BCUT2D eigenvalue weighted by Crippen LogP contribution is 2.29. The first-order valence-corrected chi connectivity index (χ1v) is 7.71. The second-order valence-corrected chi connectivity index (χ2v) is 6.19. The van der Waals surface area contributed by atoms with Crippen molar-refractivity contribution < 1.29 is 0 Å². The van der Waals surface area contributed by atoms with Crippen molar-refractivity contribution in [1.29, 1.82) is 0 Å². The minimum absolute atomic E-state index is 0.449. The third-order valence-electron chi connectivity index (χ3n) is 2.62. The highest BCUT2D eigenvalue weighted by molar-refractivity contribution is 9.10. The summed E-state index contributed by atoms with van der Waals surface area (Å²) in [5.41, 5.74) is 2.70. The van der Waals surface area contributed by atoms with Crippen LogP contribution in [-0.4, -0.2) is 5.11 Å². The summed E-state index contributed by atoms with van der Waals surface area (Å²) in [7, 11) is 0. The molecule has 0 atom stereocenters. The number of benzene rings is 2. The molecule has 2 aromatic carbocycles. The molecule has 0 heterocycles. The molecule has 0 unspecified atom stereocenters. The Hall–Kier alpha value is -0.810. The van der Waals surface area contributed by atoms with Gasteiger partial charge < -0.3 is 10.6 Å². The molecular weight excluding hydrogens is 379 g/mol. The minimum atomic E-state index is 0.449. The summed E-state index contributed by atoms with van der Waals surface area (Å²) < 4.78 is 1.06. The fourth-order valence-electron chi connectivity index (χ4n) is 1.61. The smallest absolute Gasteiger partial charge is 0.175 e. The maximum Gasteiger partial charge on any atom is 0.175 e. The number of nitrogens with one attached hydrogen (secondary N) is 2. The maximum atomic E-state index is 6.10. The lowest BCUT2D eigenvalue weighted by Crippen LogP contribution is -2.19. The van der Waals surface area contributed by atoms with E-state index in [0.29, 0.717) is 20.8 Å². The predicted octanol–water partition coefficient (Wildman–Crippen LogP) is 5.87. The SMILES string of the molecule is Cc1cc(NC(=S)Nc2cccc(Cl)c2Cl)ccc1Br. The van der Waals surface area contributed by atoms with Gasteiger partial charge >= 0.3 is 0 Å². The Balaban J connectivity index is 2.09. The summed E-state index contributed by atoms with van der Waals surface area (Å²) in [6, 6.07) is 11.2. The summed E-state index contributed by atoms with van der Waals surface area (Å²) >= 11 is 20.8. The van der Waals surface area contributed by atoms with Crippen LogP contribution in [0.25, 0.3) is 0 Å². The predicted molar refractivity (Wildman–Crippen MR) is 95.2 cm³/mol. The molecule has 0 saturated carbocycles. The fraction of sp³-hybridized carbons (Fsp3) is 0.0714. The summed E-state index contributed by atoms with van der Waals surface area (Å²) in [5.74, 6) is 0. The highest BCUT2D eigenvalue weighted by atomic mass is 79.9. The van der Waals surface area contributed by atoms with E-state index in [1.807, 2.05) is 37.3 Å². The Morgan fingerprint density at radius 1 is 1.15 bits per heavy atom. The topological polar surface area (TPSA) is 24.1 Å². The first kappa shape index (κ1) is 15.6. The first-order chi connectivity index (χ1) is 9.47. The van der Waals surface area contributed by atoms with Gasteiger partial charge in [-0.2, -0.15) is 0 Å². The summed E-state index contributed by atoms with van der Waals surface area (Å²) in [5, 5.41) is 7.52. The van der Waals surface area contributed by atoms with E-state index in [0.717, 1.165) is 15.7 Å². The van der Waals surface area contributed by atoms with Crippen LogP contribution in [0.3, 0.4) is 0 Å². The molecule has 0 aromatic heterocycles. The van der Waals surface area contributed by atoms with Crippen molar-refractivity contribution in [3.05, 3.63) is 56.5 Å². The standard InChI is InChI=1S/C14H11BrCl2N2S/c1-8-7-9(5-6-10(8)15)18-14(20)19-12-4-2-3-11(16)13(12)17/h2-7H,1H3,(H2,18,19,20). The van der Waals surface area contributed by atoms with E-state index in [9.17, 15) is 0 Å². The van der Waals surface area contributed by atoms with Gasteiger partial charge in [0.25, 0.3) is 0 Å². The normalized spacial score (nSPS) is 10.2. The number of rotatable bonds is 2. The third-order valence-corrected chi connectivity index (χ3v) is 4.53. The Kier molecular flexibility index (Phi) is 5.27. The number of hydrogen-bond donors (Lipinski definition) is 2. The van der Waals surface area contributed by atoms with Gasteiger partial charge in [-0.1, -0.05) is 45.2 Å². The van der Waals surface area contributed by atoms with E-state index in [-0.39, 0.29) is 0 Å². The van der Waals surface area contributed by atoms with Gasteiger partial charge in [-0.05, 0) is 55.0 Å². The van der Waals surface area contributed by atoms with Gasteiger partial charge in [0.05, 0.1) is 15.7 Å². The van der Waals surface area contributed by atoms with E-state index < -0.39 is 0 Å². The van der Waals surface area contributed by atoms with Crippen LogP contribution in [0.15, 0.2) is 40.9 Å². The molecule has 0 bridgehead atoms. The monoisotopic (exact) mass is 388 g/mol. The molecule has 2 rings (SSSR count). The number of hydrogen-bond acceptors (Lipinski definition) is 1. The largest absolute Gasteiger partial charge is 0.332 e.